The average molecular weight is 284 g/mol. The summed E-state index contributed by atoms with van der Waals surface area (Å²) in [6.07, 6.45) is 0. The smallest absolute Gasteiger partial charge is 0.335 e. The fourth-order valence-electron chi connectivity index (χ4n) is 1.94. The summed E-state index contributed by atoms with van der Waals surface area (Å²) in [5.41, 5.74) is 1.82. The molecule has 0 aliphatic carbocycles. The normalized spacial score (nSPS) is 10.1. The maximum atomic E-state index is 13.6. The quantitative estimate of drug-likeness (QED) is 0.885. The number of halogens is 1. The Morgan fingerprint density at radius 2 is 2.05 bits per heavy atom. The lowest BCUT2D eigenvalue weighted by atomic mass is 10.1. The van der Waals surface area contributed by atoms with Crippen LogP contribution in [0.5, 0.6) is 0 Å². The van der Waals surface area contributed by atoms with E-state index in [0.717, 1.165) is 11.6 Å². The molecule has 2 aromatic rings. The number of benzene rings is 2. The highest BCUT2D eigenvalue weighted by molar-refractivity contribution is 5.87. The van der Waals surface area contributed by atoms with E-state index in [9.17, 15) is 9.18 Å². The van der Waals surface area contributed by atoms with Crippen LogP contribution in [-0.2, 0) is 13.1 Å². The average Bonchev–Trinajstić information content (AvgIpc) is 2.49. The Labute approximate surface area is 121 Å². The zero-order valence-electron chi connectivity index (χ0n) is 11.1. The summed E-state index contributed by atoms with van der Waals surface area (Å²) in [7, 11) is 0. The van der Waals surface area contributed by atoms with Crippen LogP contribution >= 0.6 is 0 Å². The Morgan fingerprint density at radius 3 is 2.76 bits per heavy atom. The van der Waals surface area contributed by atoms with Crippen molar-refractivity contribution < 1.29 is 14.3 Å². The van der Waals surface area contributed by atoms with Gasteiger partial charge in [-0.2, -0.15) is 5.26 Å². The van der Waals surface area contributed by atoms with E-state index < -0.39 is 11.8 Å². The molecule has 106 valence electrons. The van der Waals surface area contributed by atoms with Crippen LogP contribution in [0, 0.1) is 17.1 Å². The molecule has 5 heteroatoms. The molecule has 4 nitrogen and oxygen atoms in total. The summed E-state index contributed by atoms with van der Waals surface area (Å²) in [4.78, 5) is 10.9. The molecule has 0 aromatic heterocycles. The number of hydrogen-bond acceptors (Lipinski definition) is 3. The number of aromatic carboxylic acids is 1. The van der Waals surface area contributed by atoms with Gasteiger partial charge in [0, 0.05) is 18.7 Å². The monoisotopic (exact) mass is 284 g/mol. The third-order valence-electron chi connectivity index (χ3n) is 2.99. The van der Waals surface area contributed by atoms with Gasteiger partial charge in [-0.25, -0.2) is 9.18 Å². The summed E-state index contributed by atoms with van der Waals surface area (Å²) < 4.78 is 13.6. The molecule has 0 aliphatic heterocycles. The molecule has 0 bridgehead atoms. The highest BCUT2D eigenvalue weighted by atomic mass is 19.1. The van der Waals surface area contributed by atoms with E-state index in [1.807, 2.05) is 6.07 Å². The first kappa shape index (κ1) is 14.7. The Balaban J connectivity index is 2.01. The van der Waals surface area contributed by atoms with Crippen LogP contribution in [0.1, 0.15) is 27.0 Å². The van der Waals surface area contributed by atoms with Gasteiger partial charge in [0.15, 0.2) is 0 Å². The number of carboxylic acids is 1. The van der Waals surface area contributed by atoms with Crippen LogP contribution in [0.25, 0.3) is 0 Å². The third-order valence-corrected chi connectivity index (χ3v) is 2.99. The summed E-state index contributed by atoms with van der Waals surface area (Å²) in [5, 5.41) is 20.7. The summed E-state index contributed by atoms with van der Waals surface area (Å²) >= 11 is 0. The van der Waals surface area contributed by atoms with Crippen LogP contribution in [0.2, 0.25) is 0 Å². The van der Waals surface area contributed by atoms with E-state index in [1.165, 1.54) is 12.1 Å². The van der Waals surface area contributed by atoms with Crippen molar-refractivity contribution in [1.29, 1.82) is 5.26 Å². The summed E-state index contributed by atoms with van der Waals surface area (Å²) in [6.45, 7) is 0.677. The van der Waals surface area contributed by atoms with Crippen molar-refractivity contribution in [2.45, 2.75) is 13.1 Å². The van der Waals surface area contributed by atoms with Gasteiger partial charge < -0.3 is 10.4 Å². The molecule has 0 fully saturated rings. The minimum absolute atomic E-state index is 0.0553. The number of carboxylic acid groups (broad SMARTS) is 1. The van der Waals surface area contributed by atoms with Gasteiger partial charge in [0.25, 0.3) is 0 Å². The Hall–Kier alpha value is -2.71. The third kappa shape index (κ3) is 3.88. The molecule has 0 atom stereocenters. The highest BCUT2D eigenvalue weighted by Crippen LogP contribution is 2.11. The predicted octanol–water partition coefficient (Wildman–Crippen LogP) is 2.69. The summed E-state index contributed by atoms with van der Waals surface area (Å²) in [5.74, 6) is -1.53. The molecule has 2 N–H and O–H groups in total. The standard InChI is InChI=1S/C16H13FN2O2/c17-15-5-4-13(16(20)21)7-14(15)10-19-9-12-3-1-2-11(6-12)8-18/h1-7,19H,9-10H2,(H,20,21). The molecular formula is C16H13FN2O2. The fourth-order valence-corrected chi connectivity index (χ4v) is 1.94. The first-order valence-electron chi connectivity index (χ1n) is 6.31. The van der Waals surface area contributed by atoms with Crippen molar-refractivity contribution in [3.63, 3.8) is 0 Å². The molecule has 0 aliphatic rings. The highest BCUT2D eigenvalue weighted by Gasteiger charge is 2.08. The van der Waals surface area contributed by atoms with Gasteiger partial charge in [0.05, 0.1) is 17.2 Å². The van der Waals surface area contributed by atoms with E-state index in [2.05, 4.69) is 11.4 Å². The second-order valence-electron chi connectivity index (χ2n) is 4.53. The molecule has 21 heavy (non-hydrogen) atoms. The first-order chi connectivity index (χ1) is 10.1. The van der Waals surface area contributed by atoms with E-state index in [-0.39, 0.29) is 12.1 Å². The SMILES string of the molecule is N#Cc1cccc(CNCc2cc(C(=O)O)ccc2F)c1. The number of nitrogens with one attached hydrogen (secondary N) is 1. The van der Waals surface area contributed by atoms with E-state index in [1.54, 1.807) is 18.2 Å². The zero-order chi connectivity index (χ0) is 15.2. The molecule has 0 spiro atoms. The fraction of sp³-hybridized carbons (Fsp3) is 0.125. The van der Waals surface area contributed by atoms with Gasteiger partial charge in [-0.3, -0.25) is 0 Å². The Bertz CT molecular complexity index is 708. The van der Waals surface area contributed by atoms with Crippen molar-refractivity contribution in [1.82, 2.24) is 5.32 Å². The van der Waals surface area contributed by atoms with Crippen LogP contribution in [-0.4, -0.2) is 11.1 Å². The maximum Gasteiger partial charge on any atom is 0.335 e. The minimum atomic E-state index is -1.09. The molecule has 0 radical (unpaired) electrons. The van der Waals surface area contributed by atoms with Gasteiger partial charge in [-0.1, -0.05) is 12.1 Å². The summed E-state index contributed by atoms with van der Waals surface area (Å²) in [6, 6.07) is 12.8. The van der Waals surface area contributed by atoms with E-state index in [4.69, 9.17) is 10.4 Å². The second-order valence-corrected chi connectivity index (χ2v) is 4.53. The topological polar surface area (TPSA) is 73.1 Å². The molecule has 0 amide bonds. The van der Waals surface area contributed by atoms with Gasteiger partial charge in [-0.15, -0.1) is 0 Å². The van der Waals surface area contributed by atoms with Gasteiger partial charge in [0.2, 0.25) is 0 Å². The maximum absolute atomic E-state index is 13.6. The Morgan fingerprint density at radius 1 is 1.24 bits per heavy atom. The van der Waals surface area contributed by atoms with Crippen molar-refractivity contribution in [3.8, 4) is 6.07 Å². The van der Waals surface area contributed by atoms with Gasteiger partial charge in [-0.05, 0) is 35.9 Å². The van der Waals surface area contributed by atoms with Crippen LogP contribution in [0.4, 0.5) is 4.39 Å². The number of hydrogen-bond donors (Lipinski definition) is 2. The lowest BCUT2D eigenvalue weighted by Crippen LogP contribution is -2.14. The van der Waals surface area contributed by atoms with Crippen LogP contribution < -0.4 is 5.32 Å². The molecule has 0 saturated heterocycles. The van der Waals surface area contributed by atoms with Crippen molar-refractivity contribution in [2.75, 3.05) is 0 Å². The van der Waals surface area contributed by atoms with E-state index >= 15 is 0 Å². The second kappa shape index (κ2) is 6.64. The number of nitrogens with zero attached hydrogens (tertiary/aromatic N) is 1. The lowest BCUT2D eigenvalue weighted by molar-refractivity contribution is 0.0696. The zero-order valence-corrected chi connectivity index (χ0v) is 11.1. The molecule has 2 rings (SSSR count). The van der Waals surface area contributed by atoms with Crippen molar-refractivity contribution in [3.05, 3.63) is 70.5 Å². The Kier molecular flexibility index (Phi) is 4.64. The van der Waals surface area contributed by atoms with Crippen LogP contribution in [0.3, 0.4) is 0 Å². The van der Waals surface area contributed by atoms with E-state index in [0.29, 0.717) is 17.7 Å². The van der Waals surface area contributed by atoms with Crippen molar-refractivity contribution >= 4 is 5.97 Å². The van der Waals surface area contributed by atoms with Crippen molar-refractivity contribution in [2.24, 2.45) is 0 Å². The number of carbonyl (C=O) groups is 1. The molecule has 0 heterocycles. The molecule has 0 saturated carbocycles. The molecule has 2 aromatic carbocycles. The van der Waals surface area contributed by atoms with Gasteiger partial charge in [0.1, 0.15) is 5.82 Å². The number of rotatable bonds is 5. The van der Waals surface area contributed by atoms with Crippen LogP contribution in [0.15, 0.2) is 42.5 Å². The molecule has 0 unspecified atom stereocenters. The molecular weight excluding hydrogens is 271 g/mol. The predicted molar refractivity (Wildman–Crippen MR) is 75.1 cm³/mol. The number of nitriles is 1. The largest absolute Gasteiger partial charge is 0.478 e. The first-order valence-corrected chi connectivity index (χ1v) is 6.31. The lowest BCUT2D eigenvalue weighted by Gasteiger charge is -2.07. The van der Waals surface area contributed by atoms with Gasteiger partial charge >= 0.3 is 5.97 Å². The minimum Gasteiger partial charge on any atom is -0.478 e.